The fraction of sp³-hybridized carbons (Fsp3) is 0.0556. The minimum absolute atomic E-state index is 0.0245. The van der Waals surface area contributed by atoms with Gasteiger partial charge in [0, 0.05) is 27.9 Å². The molecule has 3 aromatic rings. The van der Waals surface area contributed by atoms with Crippen LogP contribution in [0.1, 0.15) is 0 Å². The molecular formula is C18H13BrN4O3S. The highest BCUT2D eigenvalue weighted by atomic mass is 79.9. The van der Waals surface area contributed by atoms with Crippen molar-refractivity contribution in [3.8, 4) is 11.3 Å². The van der Waals surface area contributed by atoms with Crippen molar-refractivity contribution in [2.24, 2.45) is 0 Å². The Kier molecular flexibility index (Phi) is 6.15. The van der Waals surface area contributed by atoms with Crippen molar-refractivity contribution < 1.29 is 9.72 Å². The van der Waals surface area contributed by atoms with E-state index in [9.17, 15) is 14.9 Å². The lowest BCUT2D eigenvalue weighted by atomic mass is 10.1. The van der Waals surface area contributed by atoms with Gasteiger partial charge in [-0.15, -0.1) is 10.2 Å². The minimum Gasteiger partial charge on any atom is -0.325 e. The molecule has 0 saturated carbocycles. The lowest BCUT2D eigenvalue weighted by molar-refractivity contribution is -0.384. The third kappa shape index (κ3) is 5.35. The smallest absolute Gasteiger partial charge is 0.269 e. The average molecular weight is 445 g/mol. The van der Waals surface area contributed by atoms with Crippen molar-refractivity contribution >= 4 is 45.0 Å². The molecule has 0 aliphatic heterocycles. The molecule has 9 heteroatoms. The third-order valence-electron chi connectivity index (χ3n) is 3.49. The molecule has 0 saturated heterocycles. The van der Waals surface area contributed by atoms with Crippen LogP contribution in [0.5, 0.6) is 0 Å². The number of carbonyl (C=O) groups excluding carboxylic acids is 1. The predicted octanol–water partition coefficient (Wildman–Crippen LogP) is 4.55. The summed E-state index contributed by atoms with van der Waals surface area (Å²) >= 11 is 4.65. The van der Waals surface area contributed by atoms with Crippen LogP contribution in [0.15, 0.2) is 70.2 Å². The second-order valence-corrected chi connectivity index (χ2v) is 7.32. The molecule has 0 radical (unpaired) electrons. The van der Waals surface area contributed by atoms with E-state index in [-0.39, 0.29) is 17.3 Å². The molecule has 0 bridgehead atoms. The second kappa shape index (κ2) is 8.74. The lowest BCUT2D eigenvalue weighted by Gasteiger charge is -2.05. The molecule has 27 heavy (non-hydrogen) atoms. The van der Waals surface area contributed by atoms with Gasteiger partial charge in [0.15, 0.2) is 0 Å². The second-order valence-electron chi connectivity index (χ2n) is 5.40. The number of nitrogens with zero attached hydrogens (tertiary/aromatic N) is 3. The van der Waals surface area contributed by atoms with Crippen LogP contribution in [0.2, 0.25) is 0 Å². The monoisotopic (exact) mass is 444 g/mol. The van der Waals surface area contributed by atoms with E-state index in [1.165, 1.54) is 36.0 Å². The zero-order valence-electron chi connectivity index (χ0n) is 13.8. The zero-order chi connectivity index (χ0) is 19.2. The number of halogens is 1. The van der Waals surface area contributed by atoms with Crippen molar-refractivity contribution in [2.45, 2.75) is 5.03 Å². The summed E-state index contributed by atoms with van der Waals surface area (Å²) in [4.78, 5) is 22.1. The number of anilines is 1. The first-order valence-electron chi connectivity index (χ1n) is 7.78. The van der Waals surface area contributed by atoms with E-state index in [1.807, 2.05) is 36.4 Å². The van der Waals surface area contributed by atoms with E-state index in [2.05, 4.69) is 31.4 Å². The van der Waals surface area contributed by atoms with Gasteiger partial charge in [-0.3, -0.25) is 14.9 Å². The van der Waals surface area contributed by atoms with E-state index in [4.69, 9.17) is 0 Å². The molecule has 7 nitrogen and oxygen atoms in total. The Hall–Kier alpha value is -2.78. The number of non-ortho nitro benzene ring substituents is 1. The molecule has 1 amide bonds. The van der Waals surface area contributed by atoms with Crippen LogP contribution in [0.3, 0.4) is 0 Å². The number of carbonyl (C=O) groups is 1. The van der Waals surface area contributed by atoms with Gasteiger partial charge in [0.05, 0.1) is 16.4 Å². The van der Waals surface area contributed by atoms with Gasteiger partial charge in [-0.05, 0) is 36.4 Å². The number of rotatable bonds is 6. The molecule has 0 unspecified atom stereocenters. The van der Waals surface area contributed by atoms with Crippen LogP contribution in [0.25, 0.3) is 11.3 Å². The van der Waals surface area contributed by atoms with Crippen molar-refractivity contribution in [3.63, 3.8) is 0 Å². The SMILES string of the molecule is O=C(CSc1ccc(-c2ccc(Br)cc2)nn1)Nc1ccc([N+](=O)[O-])cc1. The number of aromatic nitrogens is 2. The first-order chi connectivity index (χ1) is 13.0. The number of nitro benzene ring substituents is 1. The molecule has 136 valence electrons. The summed E-state index contributed by atoms with van der Waals surface area (Å²) in [6.07, 6.45) is 0. The number of amides is 1. The van der Waals surface area contributed by atoms with Crippen LogP contribution in [-0.4, -0.2) is 26.8 Å². The predicted molar refractivity (Wildman–Crippen MR) is 108 cm³/mol. The lowest BCUT2D eigenvalue weighted by Crippen LogP contribution is -2.14. The molecule has 1 N–H and O–H groups in total. The fourth-order valence-electron chi connectivity index (χ4n) is 2.17. The molecular weight excluding hydrogens is 432 g/mol. The van der Waals surface area contributed by atoms with E-state index in [0.717, 1.165) is 15.7 Å². The maximum Gasteiger partial charge on any atom is 0.269 e. The summed E-state index contributed by atoms with van der Waals surface area (Å²) < 4.78 is 0.991. The number of benzene rings is 2. The Bertz CT molecular complexity index is 948. The number of hydrogen-bond donors (Lipinski definition) is 1. The number of thioether (sulfide) groups is 1. The minimum atomic E-state index is -0.488. The van der Waals surface area contributed by atoms with Gasteiger partial charge >= 0.3 is 0 Å². The van der Waals surface area contributed by atoms with E-state index >= 15 is 0 Å². The van der Waals surface area contributed by atoms with Crippen molar-refractivity contribution in [1.29, 1.82) is 0 Å². The Balaban J connectivity index is 1.54. The molecule has 0 atom stereocenters. The van der Waals surface area contributed by atoms with Gasteiger partial charge in [0.25, 0.3) is 5.69 Å². The standard InChI is InChI=1S/C18H13BrN4O3S/c19-13-3-1-12(2-4-13)16-9-10-18(22-21-16)27-11-17(24)20-14-5-7-15(8-6-14)23(25)26/h1-10H,11H2,(H,20,24). The molecule has 0 aliphatic rings. The van der Waals surface area contributed by atoms with Crippen LogP contribution in [-0.2, 0) is 4.79 Å². The summed E-state index contributed by atoms with van der Waals surface area (Å²) in [6.45, 7) is 0. The Labute approximate surface area is 167 Å². The molecule has 2 aromatic carbocycles. The zero-order valence-corrected chi connectivity index (χ0v) is 16.2. The third-order valence-corrected chi connectivity index (χ3v) is 4.94. The first kappa shape index (κ1) is 19.0. The normalized spacial score (nSPS) is 10.4. The molecule has 0 fully saturated rings. The molecule has 3 rings (SSSR count). The van der Waals surface area contributed by atoms with Gasteiger partial charge < -0.3 is 5.32 Å². The molecule has 0 spiro atoms. The van der Waals surface area contributed by atoms with E-state index in [1.54, 1.807) is 0 Å². The average Bonchev–Trinajstić information content (AvgIpc) is 2.68. The van der Waals surface area contributed by atoms with Crippen LogP contribution >= 0.6 is 27.7 Å². The fourth-order valence-corrected chi connectivity index (χ4v) is 3.05. The van der Waals surface area contributed by atoms with Gasteiger partial charge in [-0.1, -0.05) is 39.8 Å². The Morgan fingerprint density at radius 2 is 1.74 bits per heavy atom. The number of nitrogens with one attached hydrogen (secondary N) is 1. The number of hydrogen-bond acceptors (Lipinski definition) is 6. The highest BCUT2D eigenvalue weighted by Crippen LogP contribution is 2.22. The highest BCUT2D eigenvalue weighted by molar-refractivity contribution is 9.10. The van der Waals surface area contributed by atoms with Crippen LogP contribution in [0.4, 0.5) is 11.4 Å². The van der Waals surface area contributed by atoms with E-state index < -0.39 is 4.92 Å². The number of nitro groups is 1. The molecule has 0 aliphatic carbocycles. The van der Waals surface area contributed by atoms with E-state index in [0.29, 0.717) is 10.7 Å². The molecule has 1 aromatic heterocycles. The summed E-state index contributed by atoms with van der Waals surface area (Å²) in [5.74, 6) is -0.0730. The largest absolute Gasteiger partial charge is 0.325 e. The summed E-state index contributed by atoms with van der Waals surface area (Å²) in [7, 11) is 0. The maximum absolute atomic E-state index is 12.0. The van der Waals surface area contributed by atoms with Crippen molar-refractivity contribution in [2.75, 3.05) is 11.1 Å². The Morgan fingerprint density at radius 3 is 2.33 bits per heavy atom. The summed E-state index contributed by atoms with van der Waals surface area (Å²) in [6, 6.07) is 17.1. The van der Waals surface area contributed by atoms with Crippen molar-refractivity contribution in [3.05, 3.63) is 75.3 Å². The maximum atomic E-state index is 12.0. The topological polar surface area (TPSA) is 98.0 Å². The van der Waals surface area contributed by atoms with Crippen molar-refractivity contribution in [1.82, 2.24) is 10.2 Å². The Morgan fingerprint density at radius 1 is 1.04 bits per heavy atom. The highest BCUT2D eigenvalue weighted by Gasteiger charge is 2.08. The summed E-state index contributed by atoms with van der Waals surface area (Å²) in [5.41, 5.74) is 2.19. The summed E-state index contributed by atoms with van der Waals surface area (Å²) in [5, 5.41) is 22.3. The molecule has 1 heterocycles. The van der Waals surface area contributed by atoms with Crippen LogP contribution in [0, 0.1) is 10.1 Å². The van der Waals surface area contributed by atoms with Gasteiger partial charge in [0.2, 0.25) is 5.91 Å². The van der Waals surface area contributed by atoms with Gasteiger partial charge in [-0.25, -0.2) is 0 Å². The quantitative estimate of drug-likeness (QED) is 0.340. The first-order valence-corrected chi connectivity index (χ1v) is 9.56. The van der Waals surface area contributed by atoms with Crippen LogP contribution < -0.4 is 5.32 Å². The van der Waals surface area contributed by atoms with Gasteiger partial charge in [-0.2, -0.15) is 0 Å². The van der Waals surface area contributed by atoms with Gasteiger partial charge in [0.1, 0.15) is 5.03 Å².